The van der Waals surface area contributed by atoms with Crippen molar-refractivity contribution in [2.24, 2.45) is 5.92 Å². The molecule has 2 fully saturated rings. The quantitative estimate of drug-likeness (QED) is 0.121. The third kappa shape index (κ3) is 8.69. The Balaban J connectivity index is 1.38. The second-order valence-electron chi connectivity index (χ2n) is 15.9. The summed E-state index contributed by atoms with van der Waals surface area (Å²) in [4.78, 5) is 66.0. The average molecular weight is 790 g/mol. The summed E-state index contributed by atoms with van der Waals surface area (Å²) in [7, 11) is 3.39. The number of nitrogens with zero attached hydrogens (tertiary/aromatic N) is 4. The van der Waals surface area contributed by atoms with Crippen LogP contribution in [0.3, 0.4) is 0 Å². The van der Waals surface area contributed by atoms with Crippen molar-refractivity contribution in [3.63, 3.8) is 0 Å². The lowest BCUT2D eigenvalue weighted by Gasteiger charge is -2.32. The van der Waals surface area contributed by atoms with E-state index in [1.165, 1.54) is 24.3 Å². The maximum Gasteiger partial charge on any atom is 0.245 e. The van der Waals surface area contributed by atoms with Crippen molar-refractivity contribution >= 4 is 45.6 Å². The molecule has 2 saturated heterocycles. The number of aromatic amines is 1. The number of nitrogens with one attached hydrogen (secondary N) is 5. The first kappa shape index (κ1) is 41.7. The summed E-state index contributed by atoms with van der Waals surface area (Å²) >= 11 is 0. The van der Waals surface area contributed by atoms with Gasteiger partial charge in [-0.1, -0.05) is 20.8 Å². The van der Waals surface area contributed by atoms with Gasteiger partial charge < -0.3 is 40.6 Å². The second-order valence-corrected chi connectivity index (χ2v) is 15.9. The standard InChI is InChI=1S/C42H57F2N9O4/c1-8-32(49-39(54)24(4)45-6)41(56)51-17-9-11-28(51)21-31-30-15-13-26(43)19-33(30)47-37(31)38-48-34-20-27(44)14-16-35(34)53(38)22-29-12-10-18-52(29)42(57)36(23(2)3)50-40(55)25(5)46-7/h13-16,19-20,23-25,28-29,32,36,45-47H,8-12,17-18,21-22H2,1-7H3,(H,49,54)(H,50,55)/t24-,25-,28-,29-,32-,36?/m0/s1. The number of aromatic nitrogens is 3. The number of carbonyl (C=O) groups is 4. The zero-order chi connectivity index (χ0) is 41.1. The largest absolute Gasteiger partial charge is 0.352 e. The van der Waals surface area contributed by atoms with E-state index in [1.54, 1.807) is 40.1 Å². The summed E-state index contributed by atoms with van der Waals surface area (Å²) in [6, 6.07) is 6.24. The summed E-state index contributed by atoms with van der Waals surface area (Å²) in [5.74, 6) is -1.31. The first-order valence-corrected chi connectivity index (χ1v) is 20.3. The summed E-state index contributed by atoms with van der Waals surface area (Å²) in [5.41, 5.74) is 3.13. The van der Waals surface area contributed by atoms with E-state index in [0.717, 1.165) is 30.2 Å². The molecule has 308 valence electrons. The summed E-state index contributed by atoms with van der Waals surface area (Å²) < 4.78 is 31.5. The van der Waals surface area contributed by atoms with Crippen LogP contribution in [0.2, 0.25) is 0 Å². The molecule has 1 unspecified atom stereocenters. The first-order valence-electron chi connectivity index (χ1n) is 20.3. The Morgan fingerprint density at radius 1 is 0.842 bits per heavy atom. The van der Waals surface area contributed by atoms with Crippen molar-refractivity contribution in [3.8, 4) is 11.5 Å². The predicted octanol–water partition coefficient (Wildman–Crippen LogP) is 4.24. The number of hydrogen-bond acceptors (Lipinski definition) is 7. The van der Waals surface area contributed by atoms with Gasteiger partial charge in [-0.25, -0.2) is 13.8 Å². The molecular weight excluding hydrogens is 733 g/mol. The lowest BCUT2D eigenvalue weighted by Crippen LogP contribution is -2.55. The molecule has 0 saturated carbocycles. The van der Waals surface area contributed by atoms with Crippen molar-refractivity contribution in [1.29, 1.82) is 0 Å². The number of hydrogen-bond donors (Lipinski definition) is 5. The van der Waals surface area contributed by atoms with Gasteiger partial charge in [0, 0.05) is 48.7 Å². The van der Waals surface area contributed by atoms with Crippen molar-refractivity contribution in [1.82, 2.24) is 45.6 Å². The molecule has 57 heavy (non-hydrogen) atoms. The molecule has 2 aliphatic rings. The van der Waals surface area contributed by atoms with Crippen LogP contribution in [0.5, 0.6) is 0 Å². The fourth-order valence-electron chi connectivity index (χ4n) is 8.28. The third-order valence-electron chi connectivity index (χ3n) is 11.9. The number of likely N-dealkylation sites (N-methyl/N-ethyl adjacent to an activating group) is 2. The highest BCUT2D eigenvalue weighted by Gasteiger charge is 2.38. The molecule has 4 amide bonds. The molecule has 2 aromatic heterocycles. The molecule has 0 radical (unpaired) electrons. The minimum atomic E-state index is -0.721. The second kappa shape index (κ2) is 17.7. The fraction of sp³-hybridized carbons (Fsp3) is 0.548. The van der Waals surface area contributed by atoms with Crippen LogP contribution < -0.4 is 21.3 Å². The van der Waals surface area contributed by atoms with Crippen LogP contribution in [0.1, 0.15) is 72.3 Å². The van der Waals surface area contributed by atoms with E-state index >= 15 is 0 Å². The van der Waals surface area contributed by atoms with Gasteiger partial charge in [0.05, 0.1) is 28.8 Å². The van der Waals surface area contributed by atoms with Crippen LogP contribution in [-0.4, -0.2) is 111 Å². The molecule has 6 rings (SSSR count). The van der Waals surface area contributed by atoms with Crippen LogP contribution in [0, 0.1) is 17.6 Å². The molecule has 15 heteroatoms. The lowest BCUT2D eigenvalue weighted by atomic mass is 9.99. The van der Waals surface area contributed by atoms with Crippen LogP contribution in [0.25, 0.3) is 33.5 Å². The van der Waals surface area contributed by atoms with E-state index in [9.17, 15) is 28.0 Å². The number of fused-ring (bicyclic) bond motifs is 2. The molecule has 4 heterocycles. The summed E-state index contributed by atoms with van der Waals surface area (Å²) in [5, 5.41) is 12.5. The topological polar surface area (TPSA) is 156 Å². The average Bonchev–Trinajstić information content (AvgIpc) is 4.00. The Hall–Kier alpha value is -4.89. The highest BCUT2D eigenvalue weighted by atomic mass is 19.1. The Labute approximate surface area is 332 Å². The van der Waals surface area contributed by atoms with E-state index in [4.69, 9.17) is 4.98 Å². The molecule has 0 spiro atoms. The number of rotatable bonds is 15. The molecule has 2 aliphatic heterocycles. The zero-order valence-corrected chi connectivity index (χ0v) is 34.0. The van der Waals surface area contributed by atoms with Gasteiger partial charge in [0.1, 0.15) is 23.7 Å². The number of H-pyrrole nitrogens is 1. The number of carbonyl (C=O) groups excluding carboxylic acids is 4. The molecule has 5 N–H and O–H groups in total. The Bertz CT molecular complexity index is 2120. The van der Waals surface area contributed by atoms with Gasteiger partial charge in [0.25, 0.3) is 0 Å². The number of amides is 4. The smallest absolute Gasteiger partial charge is 0.245 e. The first-order chi connectivity index (χ1) is 27.3. The van der Waals surface area contributed by atoms with Gasteiger partial charge >= 0.3 is 0 Å². The molecule has 0 aliphatic carbocycles. The molecule has 0 bridgehead atoms. The van der Waals surface area contributed by atoms with Crippen LogP contribution in [0.4, 0.5) is 8.78 Å². The van der Waals surface area contributed by atoms with Gasteiger partial charge in [-0.2, -0.15) is 0 Å². The predicted molar refractivity (Wildman–Crippen MR) is 216 cm³/mol. The lowest BCUT2D eigenvalue weighted by molar-refractivity contribution is -0.139. The van der Waals surface area contributed by atoms with Crippen LogP contribution in [0.15, 0.2) is 36.4 Å². The van der Waals surface area contributed by atoms with Gasteiger partial charge in [-0.05, 0) is 108 Å². The van der Waals surface area contributed by atoms with Crippen molar-refractivity contribution in [3.05, 3.63) is 53.6 Å². The summed E-state index contributed by atoms with van der Waals surface area (Å²) in [6.45, 7) is 10.6. The molecular formula is C42H57F2N9O4. The van der Waals surface area contributed by atoms with Gasteiger partial charge in [-0.15, -0.1) is 0 Å². The van der Waals surface area contributed by atoms with E-state index in [0.29, 0.717) is 67.0 Å². The van der Waals surface area contributed by atoms with Crippen LogP contribution in [-0.2, 0) is 32.1 Å². The van der Waals surface area contributed by atoms with E-state index in [1.807, 2.05) is 35.1 Å². The normalized spacial score (nSPS) is 19.3. The number of benzene rings is 2. The number of likely N-dealkylation sites (tertiary alicyclic amines) is 2. The molecule has 2 aromatic carbocycles. The zero-order valence-electron chi connectivity index (χ0n) is 34.0. The SMILES string of the molecule is CC[C@H](NC(=O)[C@H](C)NC)C(=O)N1CCC[C@H]1Cc1c(-c2nc3cc(F)ccc3n2C[C@@H]2CCCN2C(=O)C(NC(=O)[C@H](C)NC)C(C)C)[nH]c2cc(F)ccc12. The van der Waals surface area contributed by atoms with Crippen molar-refractivity contribution in [2.45, 2.75) is 116 Å². The monoisotopic (exact) mass is 789 g/mol. The Kier molecular flexibility index (Phi) is 13.0. The highest BCUT2D eigenvalue weighted by molar-refractivity contribution is 5.93. The van der Waals surface area contributed by atoms with E-state index in [-0.39, 0.29) is 41.6 Å². The van der Waals surface area contributed by atoms with E-state index < -0.39 is 35.8 Å². The van der Waals surface area contributed by atoms with Crippen LogP contribution >= 0.6 is 0 Å². The minimum Gasteiger partial charge on any atom is -0.352 e. The maximum atomic E-state index is 14.8. The minimum absolute atomic E-state index is 0.144. The third-order valence-corrected chi connectivity index (χ3v) is 11.9. The van der Waals surface area contributed by atoms with Gasteiger partial charge in [0.2, 0.25) is 23.6 Å². The Morgan fingerprint density at radius 3 is 2.11 bits per heavy atom. The highest BCUT2D eigenvalue weighted by Crippen LogP contribution is 2.37. The number of imidazole rings is 1. The summed E-state index contributed by atoms with van der Waals surface area (Å²) in [6.07, 6.45) is 3.86. The van der Waals surface area contributed by atoms with E-state index in [2.05, 4.69) is 26.3 Å². The van der Waals surface area contributed by atoms with Gasteiger partial charge in [0.15, 0.2) is 5.82 Å². The van der Waals surface area contributed by atoms with Crippen molar-refractivity contribution < 1.29 is 28.0 Å². The Morgan fingerprint density at radius 2 is 1.46 bits per heavy atom. The number of halogens is 2. The fourth-order valence-corrected chi connectivity index (χ4v) is 8.28. The van der Waals surface area contributed by atoms with Crippen molar-refractivity contribution in [2.75, 3.05) is 27.2 Å². The molecule has 6 atom stereocenters. The molecule has 4 aromatic rings. The molecule has 13 nitrogen and oxygen atoms in total. The van der Waals surface area contributed by atoms with Gasteiger partial charge in [-0.3, -0.25) is 19.2 Å². The maximum absolute atomic E-state index is 14.8.